The Hall–Kier alpha value is -0.730. The molecule has 0 aliphatic rings. The van der Waals surface area contributed by atoms with Gasteiger partial charge in [-0.2, -0.15) is 13.9 Å². The summed E-state index contributed by atoms with van der Waals surface area (Å²) in [5, 5.41) is 3.43. The van der Waals surface area contributed by atoms with Crippen LogP contribution in [0.15, 0.2) is 11.1 Å². The summed E-state index contributed by atoms with van der Waals surface area (Å²) in [7, 11) is 1.01. The number of ether oxygens (including phenoxy) is 1. The molecule has 1 rings (SSSR count). The fourth-order valence-corrected chi connectivity index (χ4v) is 2.13. The Morgan fingerprint density at radius 2 is 2.24 bits per heavy atom. The van der Waals surface area contributed by atoms with Crippen LogP contribution >= 0.6 is 10.7 Å². The largest absolute Gasteiger partial charge is 0.375 e. The van der Waals surface area contributed by atoms with E-state index in [2.05, 4.69) is 5.10 Å². The van der Waals surface area contributed by atoms with Gasteiger partial charge in [0.15, 0.2) is 0 Å². The lowest BCUT2D eigenvalue weighted by atomic mass is 10.4. The van der Waals surface area contributed by atoms with Gasteiger partial charge in [-0.25, -0.2) is 13.1 Å². The fraction of sp³-hybridized carbons (Fsp3) is 0.625. The van der Waals surface area contributed by atoms with Crippen LogP contribution in [0.25, 0.3) is 0 Å². The molecule has 9 heteroatoms. The maximum absolute atomic E-state index is 12.4. The van der Waals surface area contributed by atoms with Crippen molar-refractivity contribution in [2.24, 2.45) is 0 Å². The minimum Gasteiger partial charge on any atom is -0.375 e. The minimum absolute atomic E-state index is 0.117. The molecule has 1 aromatic heterocycles. The molecule has 0 amide bonds. The Labute approximate surface area is 102 Å². The van der Waals surface area contributed by atoms with E-state index in [1.165, 1.54) is 0 Å². The second-order valence-electron chi connectivity index (χ2n) is 3.19. The topological polar surface area (TPSA) is 61.2 Å². The van der Waals surface area contributed by atoms with Gasteiger partial charge in [0.2, 0.25) is 0 Å². The average Bonchev–Trinajstić information content (AvgIpc) is 2.62. The molecule has 0 saturated heterocycles. The van der Waals surface area contributed by atoms with Crippen molar-refractivity contribution >= 4 is 19.7 Å². The number of aromatic nitrogens is 2. The summed E-state index contributed by atoms with van der Waals surface area (Å²) in [4.78, 5) is -0.449. The molecule has 0 aromatic carbocycles. The van der Waals surface area contributed by atoms with Crippen LogP contribution in [0.5, 0.6) is 0 Å². The van der Waals surface area contributed by atoms with Crippen LogP contribution in [0.3, 0.4) is 0 Å². The Kier molecular flexibility index (Phi) is 4.84. The summed E-state index contributed by atoms with van der Waals surface area (Å²) in [6, 6.07) is 0. The first kappa shape index (κ1) is 14.3. The molecule has 1 aromatic rings. The first-order valence-corrected chi connectivity index (χ1v) is 7.05. The lowest BCUT2D eigenvalue weighted by molar-refractivity contribution is 0.0542. The van der Waals surface area contributed by atoms with Gasteiger partial charge in [-0.1, -0.05) is 6.92 Å². The molecule has 0 saturated carbocycles. The normalized spacial score (nSPS) is 12.3. The molecule has 0 bridgehead atoms. The van der Waals surface area contributed by atoms with Crippen molar-refractivity contribution in [3.8, 4) is 0 Å². The van der Waals surface area contributed by atoms with Crippen LogP contribution < -0.4 is 0 Å². The zero-order valence-corrected chi connectivity index (χ0v) is 10.5. The van der Waals surface area contributed by atoms with Gasteiger partial charge >= 0.3 is 6.55 Å². The lowest BCUT2D eigenvalue weighted by Gasteiger charge is -2.00. The Morgan fingerprint density at radius 1 is 1.59 bits per heavy atom. The van der Waals surface area contributed by atoms with Gasteiger partial charge in [0, 0.05) is 17.3 Å². The first-order chi connectivity index (χ1) is 7.86. The molecule has 98 valence electrons. The quantitative estimate of drug-likeness (QED) is 0.594. The second kappa shape index (κ2) is 5.74. The summed E-state index contributed by atoms with van der Waals surface area (Å²) in [6.45, 7) is -0.859. The maximum atomic E-state index is 12.4. The number of rotatable bonds is 6. The second-order valence-corrected chi connectivity index (χ2v) is 5.72. The predicted octanol–water partition coefficient (Wildman–Crippen LogP) is 2.13. The third-order valence-electron chi connectivity index (χ3n) is 1.82. The van der Waals surface area contributed by atoms with Crippen molar-refractivity contribution in [3.63, 3.8) is 0 Å². The van der Waals surface area contributed by atoms with E-state index in [0.717, 1.165) is 6.42 Å². The van der Waals surface area contributed by atoms with Crippen LogP contribution in [-0.2, 0) is 20.4 Å². The molecule has 1 heterocycles. The molecule has 0 aliphatic carbocycles. The zero-order chi connectivity index (χ0) is 13.1. The molecule has 17 heavy (non-hydrogen) atoms. The van der Waals surface area contributed by atoms with Crippen molar-refractivity contribution in [2.45, 2.75) is 31.4 Å². The van der Waals surface area contributed by atoms with Gasteiger partial charge in [0.25, 0.3) is 9.05 Å². The highest BCUT2D eigenvalue weighted by molar-refractivity contribution is 8.13. The van der Waals surface area contributed by atoms with Crippen LogP contribution in [0.2, 0.25) is 0 Å². The third kappa shape index (κ3) is 3.90. The van der Waals surface area contributed by atoms with E-state index in [9.17, 15) is 17.2 Å². The van der Waals surface area contributed by atoms with E-state index >= 15 is 0 Å². The molecule has 0 spiro atoms. The molecular formula is C8H11ClF2N2O3S. The molecule has 0 unspecified atom stereocenters. The van der Waals surface area contributed by atoms with Crippen LogP contribution in [0.1, 0.15) is 25.6 Å². The molecular weight excluding hydrogens is 278 g/mol. The molecule has 5 nitrogen and oxygen atoms in total. The fourth-order valence-electron chi connectivity index (χ4n) is 1.13. The highest BCUT2D eigenvalue weighted by Crippen LogP contribution is 2.22. The highest BCUT2D eigenvalue weighted by atomic mass is 35.7. The summed E-state index contributed by atoms with van der Waals surface area (Å²) < 4.78 is 52.3. The highest BCUT2D eigenvalue weighted by Gasteiger charge is 2.22. The van der Waals surface area contributed by atoms with Gasteiger partial charge in [-0.05, 0) is 6.42 Å². The average molecular weight is 289 g/mol. The molecule has 0 aliphatic heterocycles. The lowest BCUT2D eigenvalue weighted by Crippen LogP contribution is -2.01. The van der Waals surface area contributed by atoms with Crippen molar-refractivity contribution in [1.82, 2.24) is 9.78 Å². The van der Waals surface area contributed by atoms with Gasteiger partial charge in [0.1, 0.15) is 10.6 Å². The van der Waals surface area contributed by atoms with Crippen LogP contribution in [-0.4, -0.2) is 24.8 Å². The van der Waals surface area contributed by atoms with Crippen molar-refractivity contribution in [1.29, 1.82) is 0 Å². The Morgan fingerprint density at radius 3 is 2.71 bits per heavy atom. The Balaban J connectivity index is 3.00. The number of hydrogen-bond donors (Lipinski definition) is 0. The summed E-state index contributed by atoms with van der Waals surface area (Å²) in [5.74, 6) is 0. The van der Waals surface area contributed by atoms with Crippen LogP contribution in [0.4, 0.5) is 8.78 Å². The molecule has 0 radical (unpaired) electrons. The number of hydrogen-bond acceptors (Lipinski definition) is 4. The monoisotopic (exact) mass is 288 g/mol. The van der Waals surface area contributed by atoms with Gasteiger partial charge in [-0.15, -0.1) is 0 Å². The van der Waals surface area contributed by atoms with Crippen molar-refractivity contribution in [3.05, 3.63) is 11.9 Å². The minimum atomic E-state index is -4.11. The van der Waals surface area contributed by atoms with Crippen molar-refractivity contribution in [2.75, 3.05) is 6.61 Å². The Bertz CT molecular complexity index is 475. The summed E-state index contributed by atoms with van der Waals surface area (Å²) in [5.41, 5.74) is -0.117. The van der Waals surface area contributed by atoms with E-state index in [0.29, 0.717) is 12.8 Å². The molecule has 0 N–H and O–H groups in total. The van der Waals surface area contributed by atoms with Crippen molar-refractivity contribution < 1.29 is 21.9 Å². The van der Waals surface area contributed by atoms with Gasteiger partial charge < -0.3 is 4.74 Å². The van der Waals surface area contributed by atoms with Gasteiger partial charge in [-0.3, -0.25) is 0 Å². The first-order valence-electron chi connectivity index (χ1n) is 4.74. The molecule has 0 fully saturated rings. The van der Waals surface area contributed by atoms with E-state index in [1.54, 1.807) is 0 Å². The van der Waals surface area contributed by atoms with Crippen LogP contribution in [0, 0.1) is 0 Å². The standard InChI is InChI=1S/C8H11ClF2N2O3S/c1-2-3-16-5-6-7(17(9,14)15)4-13(12-6)8(10)11/h4,8H,2-3,5H2,1H3. The zero-order valence-electron chi connectivity index (χ0n) is 8.94. The van der Waals surface area contributed by atoms with E-state index in [-0.39, 0.29) is 17.0 Å². The SMILES string of the molecule is CCCOCc1nn(C(F)F)cc1S(=O)(=O)Cl. The predicted molar refractivity (Wildman–Crippen MR) is 56.5 cm³/mol. The summed E-state index contributed by atoms with van der Waals surface area (Å²) >= 11 is 0. The number of alkyl halides is 2. The van der Waals surface area contributed by atoms with E-state index in [4.69, 9.17) is 15.4 Å². The van der Waals surface area contributed by atoms with E-state index < -0.39 is 20.5 Å². The molecule has 0 atom stereocenters. The van der Waals surface area contributed by atoms with E-state index in [1.807, 2.05) is 6.92 Å². The number of nitrogens with zero attached hydrogens (tertiary/aromatic N) is 2. The number of halogens is 3. The van der Waals surface area contributed by atoms with Gasteiger partial charge in [0.05, 0.1) is 12.8 Å². The summed E-state index contributed by atoms with van der Waals surface area (Å²) in [6.07, 6.45) is 1.41. The smallest absolute Gasteiger partial charge is 0.333 e. The maximum Gasteiger partial charge on any atom is 0.333 e. The third-order valence-corrected chi connectivity index (χ3v) is 3.19.